The quantitative estimate of drug-likeness (QED) is 0.781. The predicted molar refractivity (Wildman–Crippen MR) is 89.9 cm³/mol. The first kappa shape index (κ1) is 15.2. The molecular weight excluding hydrogens is 312 g/mol. The average molecular weight is 328 g/mol. The highest BCUT2D eigenvalue weighted by Crippen LogP contribution is 2.26. The minimum Gasteiger partial charge on any atom is -0.494 e. The molecule has 1 aromatic carbocycles. The van der Waals surface area contributed by atoms with Crippen LogP contribution in [0.1, 0.15) is 17.4 Å². The molecule has 6 nitrogen and oxygen atoms in total. The third-order valence-electron chi connectivity index (χ3n) is 3.24. The van der Waals surface area contributed by atoms with E-state index in [0.29, 0.717) is 17.4 Å². The summed E-state index contributed by atoms with van der Waals surface area (Å²) >= 11 is 1.39. The fraction of sp³-hybridized carbons (Fsp3) is 0.188. The summed E-state index contributed by atoms with van der Waals surface area (Å²) in [5, 5.41) is 9.24. The van der Waals surface area contributed by atoms with Gasteiger partial charge in [0.1, 0.15) is 11.4 Å². The van der Waals surface area contributed by atoms with Crippen molar-refractivity contribution in [2.45, 2.75) is 6.92 Å². The first-order valence-electron chi connectivity index (χ1n) is 7.15. The van der Waals surface area contributed by atoms with Crippen molar-refractivity contribution in [3.8, 4) is 17.0 Å². The van der Waals surface area contributed by atoms with Crippen LogP contribution in [0.3, 0.4) is 0 Å². The van der Waals surface area contributed by atoms with Gasteiger partial charge in [0, 0.05) is 24.2 Å². The largest absolute Gasteiger partial charge is 0.494 e. The van der Waals surface area contributed by atoms with E-state index in [2.05, 4.69) is 15.4 Å². The van der Waals surface area contributed by atoms with Crippen LogP contribution in [-0.4, -0.2) is 27.3 Å². The van der Waals surface area contributed by atoms with Crippen molar-refractivity contribution in [1.82, 2.24) is 14.8 Å². The molecule has 3 aromatic rings. The molecule has 0 aliphatic rings. The van der Waals surface area contributed by atoms with Crippen LogP contribution in [-0.2, 0) is 7.05 Å². The molecule has 0 fully saturated rings. The summed E-state index contributed by atoms with van der Waals surface area (Å²) in [7, 11) is 1.72. The van der Waals surface area contributed by atoms with E-state index < -0.39 is 0 Å². The SMILES string of the molecule is CCOc1ccc(-c2csc(NC(=O)c3ccnn3C)n2)cc1. The number of aromatic nitrogens is 3. The lowest BCUT2D eigenvalue weighted by Gasteiger charge is -2.03. The summed E-state index contributed by atoms with van der Waals surface area (Å²) in [6.45, 7) is 2.59. The lowest BCUT2D eigenvalue weighted by molar-refractivity contribution is 0.101. The third kappa shape index (κ3) is 3.40. The van der Waals surface area contributed by atoms with Gasteiger partial charge in [-0.1, -0.05) is 0 Å². The summed E-state index contributed by atoms with van der Waals surface area (Å²) in [5.41, 5.74) is 2.28. The Labute approximate surface area is 137 Å². The van der Waals surface area contributed by atoms with Crippen LogP contribution in [0.5, 0.6) is 5.75 Å². The van der Waals surface area contributed by atoms with Gasteiger partial charge < -0.3 is 4.74 Å². The van der Waals surface area contributed by atoms with Gasteiger partial charge in [0.25, 0.3) is 5.91 Å². The smallest absolute Gasteiger partial charge is 0.275 e. The van der Waals surface area contributed by atoms with E-state index in [4.69, 9.17) is 4.74 Å². The number of ether oxygens (including phenoxy) is 1. The number of amides is 1. The number of carbonyl (C=O) groups is 1. The van der Waals surface area contributed by atoms with Crippen LogP contribution in [0.25, 0.3) is 11.3 Å². The summed E-state index contributed by atoms with van der Waals surface area (Å²) in [4.78, 5) is 16.6. The first-order chi connectivity index (χ1) is 11.2. The molecule has 0 saturated heterocycles. The van der Waals surface area contributed by atoms with Crippen molar-refractivity contribution in [2.75, 3.05) is 11.9 Å². The minimum absolute atomic E-state index is 0.224. The minimum atomic E-state index is -0.224. The Bertz CT molecular complexity index is 808. The average Bonchev–Trinajstić information content (AvgIpc) is 3.17. The van der Waals surface area contributed by atoms with E-state index in [-0.39, 0.29) is 5.91 Å². The van der Waals surface area contributed by atoms with E-state index in [0.717, 1.165) is 17.0 Å². The maximum Gasteiger partial charge on any atom is 0.275 e. The number of rotatable bonds is 5. The Morgan fingerprint density at radius 1 is 1.30 bits per heavy atom. The van der Waals surface area contributed by atoms with Crippen LogP contribution in [0.15, 0.2) is 41.9 Å². The third-order valence-corrected chi connectivity index (χ3v) is 4.00. The molecule has 2 heterocycles. The van der Waals surface area contributed by atoms with Crippen LogP contribution in [0, 0.1) is 0 Å². The molecule has 23 heavy (non-hydrogen) atoms. The van der Waals surface area contributed by atoms with Crippen molar-refractivity contribution in [1.29, 1.82) is 0 Å². The first-order valence-corrected chi connectivity index (χ1v) is 8.03. The maximum absolute atomic E-state index is 12.1. The molecule has 7 heteroatoms. The predicted octanol–water partition coefficient (Wildman–Crippen LogP) is 3.19. The van der Waals surface area contributed by atoms with Crippen LogP contribution in [0.2, 0.25) is 0 Å². The Kier molecular flexibility index (Phi) is 4.38. The van der Waals surface area contributed by atoms with Crippen molar-refractivity contribution in [3.05, 3.63) is 47.6 Å². The lowest BCUT2D eigenvalue weighted by atomic mass is 10.2. The highest BCUT2D eigenvalue weighted by molar-refractivity contribution is 7.14. The number of carbonyl (C=O) groups excluding carboxylic acids is 1. The molecule has 0 saturated carbocycles. The molecular formula is C16H16N4O2S. The van der Waals surface area contributed by atoms with E-state index >= 15 is 0 Å². The number of benzene rings is 1. The molecule has 0 aliphatic carbocycles. The van der Waals surface area contributed by atoms with Crippen LogP contribution < -0.4 is 10.1 Å². The molecule has 2 aromatic heterocycles. The Morgan fingerprint density at radius 3 is 2.74 bits per heavy atom. The van der Waals surface area contributed by atoms with Gasteiger partial charge in [0.05, 0.1) is 12.3 Å². The van der Waals surface area contributed by atoms with Gasteiger partial charge in [-0.05, 0) is 37.3 Å². The molecule has 1 N–H and O–H groups in total. The standard InChI is InChI=1S/C16H16N4O2S/c1-3-22-12-6-4-11(5-7-12)13-10-23-16(18-13)19-15(21)14-8-9-17-20(14)2/h4-10H,3H2,1-2H3,(H,18,19,21). The molecule has 0 aliphatic heterocycles. The van der Waals surface area contributed by atoms with Crippen molar-refractivity contribution in [2.24, 2.45) is 7.05 Å². The fourth-order valence-electron chi connectivity index (χ4n) is 2.11. The van der Waals surface area contributed by atoms with Gasteiger partial charge in [-0.2, -0.15) is 5.10 Å². The van der Waals surface area contributed by atoms with Crippen LogP contribution >= 0.6 is 11.3 Å². The topological polar surface area (TPSA) is 69.0 Å². The zero-order valence-corrected chi connectivity index (χ0v) is 13.6. The van der Waals surface area contributed by atoms with Crippen molar-refractivity contribution >= 4 is 22.4 Å². The molecule has 0 spiro atoms. The summed E-state index contributed by atoms with van der Waals surface area (Å²) in [6.07, 6.45) is 1.59. The number of hydrogen-bond donors (Lipinski definition) is 1. The highest BCUT2D eigenvalue weighted by Gasteiger charge is 2.12. The van der Waals surface area contributed by atoms with Crippen molar-refractivity contribution in [3.63, 3.8) is 0 Å². The van der Waals surface area contributed by atoms with Crippen molar-refractivity contribution < 1.29 is 9.53 Å². The highest BCUT2D eigenvalue weighted by atomic mass is 32.1. The molecule has 0 bridgehead atoms. The lowest BCUT2D eigenvalue weighted by Crippen LogP contribution is -2.15. The molecule has 3 rings (SSSR count). The van der Waals surface area contributed by atoms with Gasteiger partial charge in [0.2, 0.25) is 0 Å². The van der Waals surface area contributed by atoms with E-state index in [9.17, 15) is 4.79 Å². The number of anilines is 1. The summed E-state index contributed by atoms with van der Waals surface area (Å²) < 4.78 is 6.95. The molecule has 1 amide bonds. The van der Waals surface area contributed by atoms with Gasteiger partial charge in [-0.15, -0.1) is 11.3 Å². The Hall–Kier alpha value is -2.67. The molecule has 0 unspecified atom stereocenters. The Balaban J connectivity index is 1.73. The normalized spacial score (nSPS) is 10.5. The number of hydrogen-bond acceptors (Lipinski definition) is 5. The summed E-state index contributed by atoms with van der Waals surface area (Å²) in [6, 6.07) is 9.38. The van der Waals surface area contributed by atoms with Crippen LogP contribution in [0.4, 0.5) is 5.13 Å². The number of nitrogens with one attached hydrogen (secondary N) is 1. The molecule has 0 atom stereocenters. The van der Waals surface area contributed by atoms with Gasteiger partial charge in [-0.3, -0.25) is 14.8 Å². The number of nitrogens with zero attached hydrogens (tertiary/aromatic N) is 3. The number of thiazole rings is 1. The Morgan fingerprint density at radius 2 is 2.09 bits per heavy atom. The van der Waals surface area contributed by atoms with Gasteiger partial charge >= 0.3 is 0 Å². The monoisotopic (exact) mass is 328 g/mol. The van der Waals surface area contributed by atoms with E-state index in [1.54, 1.807) is 19.3 Å². The second-order valence-corrected chi connectivity index (χ2v) is 5.65. The number of aryl methyl sites for hydroxylation is 1. The zero-order valence-electron chi connectivity index (χ0n) is 12.8. The molecule has 0 radical (unpaired) electrons. The van der Waals surface area contributed by atoms with Gasteiger partial charge in [-0.25, -0.2) is 4.98 Å². The van der Waals surface area contributed by atoms with E-state index in [1.165, 1.54) is 16.0 Å². The fourth-order valence-corrected chi connectivity index (χ4v) is 2.82. The molecule has 118 valence electrons. The van der Waals surface area contributed by atoms with Gasteiger partial charge in [0.15, 0.2) is 5.13 Å². The maximum atomic E-state index is 12.1. The summed E-state index contributed by atoms with van der Waals surface area (Å²) in [5.74, 6) is 0.605. The second-order valence-electron chi connectivity index (χ2n) is 4.79. The second kappa shape index (κ2) is 6.62. The van der Waals surface area contributed by atoms with E-state index in [1.807, 2.05) is 36.6 Å². The zero-order chi connectivity index (χ0) is 16.2.